The van der Waals surface area contributed by atoms with Crippen LogP contribution >= 0.6 is 0 Å². The molecule has 0 aliphatic carbocycles. The summed E-state index contributed by atoms with van der Waals surface area (Å²) in [5.74, 6) is -0.617. The summed E-state index contributed by atoms with van der Waals surface area (Å²) in [6.07, 6.45) is 0.603. The summed E-state index contributed by atoms with van der Waals surface area (Å²) in [5.41, 5.74) is 3.30. The van der Waals surface area contributed by atoms with E-state index in [4.69, 9.17) is 0 Å². The normalized spacial score (nSPS) is 14.7. The Morgan fingerprint density at radius 2 is 1.86 bits per heavy atom. The van der Waals surface area contributed by atoms with Crippen LogP contribution in [0.5, 0.6) is 0 Å². The molecule has 1 saturated heterocycles. The molecule has 21 heavy (non-hydrogen) atoms. The molecule has 1 aliphatic heterocycles. The van der Waals surface area contributed by atoms with Gasteiger partial charge in [-0.05, 0) is 32.4 Å². The first-order valence-corrected chi connectivity index (χ1v) is 6.96. The molecule has 0 radical (unpaired) electrons. The highest BCUT2D eigenvalue weighted by Gasteiger charge is 2.28. The summed E-state index contributed by atoms with van der Waals surface area (Å²) in [6, 6.07) is 1.90. The second-order valence-electron chi connectivity index (χ2n) is 5.28. The molecular weight excluding hydrogens is 270 g/mol. The number of carbonyl (C=O) groups excluding carboxylic acids is 3. The molecular formula is C15H19N3O3. The van der Waals surface area contributed by atoms with E-state index in [2.05, 4.69) is 10.3 Å². The molecule has 6 nitrogen and oxygen atoms in total. The minimum Gasteiger partial charge on any atom is -0.324 e. The van der Waals surface area contributed by atoms with Crippen molar-refractivity contribution in [3.63, 3.8) is 0 Å². The fourth-order valence-electron chi connectivity index (χ4n) is 2.50. The van der Waals surface area contributed by atoms with E-state index in [1.54, 1.807) is 0 Å². The van der Waals surface area contributed by atoms with Gasteiger partial charge in [-0.25, -0.2) is 0 Å². The predicted molar refractivity (Wildman–Crippen MR) is 77.6 cm³/mol. The van der Waals surface area contributed by atoms with Crippen molar-refractivity contribution in [1.29, 1.82) is 0 Å². The third-order valence-corrected chi connectivity index (χ3v) is 3.51. The highest BCUT2D eigenvalue weighted by molar-refractivity contribution is 6.02. The van der Waals surface area contributed by atoms with Gasteiger partial charge in [-0.2, -0.15) is 0 Å². The van der Waals surface area contributed by atoms with Gasteiger partial charge in [-0.3, -0.25) is 24.3 Å². The lowest BCUT2D eigenvalue weighted by atomic mass is 10.1. The third kappa shape index (κ3) is 3.45. The molecule has 2 heterocycles. The van der Waals surface area contributed by atoms with Crippen LogP contribution in [0.3, 0.4) is 0 Å². The molecule has 3 amide bonds. The first-order valence-electron chi connectivity index (χ1n) is 6.96. The number of anilines is 1. The van der Waals surface area contributed by atoms with Crippen molar-refractivity contribution in [3.8, 4) is 0 Å². The van der Waals surface area contributed by atoms with E-state index < -0.39 is 0 Å². The molecule has 0 bridgehead atoms. The smallest absolute Gasteiger partial charge is 0.229 e. The van der Waals surface area contributed by atoms with Crippen molar-refractivity contribution in [2.75, 3.05) is 11.9 Å². The van der Waals surface area contributed by atoms with Crippen LogP contribution < -0.4 is 5.32 Å². The summed E-state index contributed by atoms with van der Waals surface area (Å²) in [5, 5.41) is 2.81. The number of pyridine rings is 1. The van der Waals surface area contributed by atoms with Crippen molar-refractivity contribution in [1.82, 2.24) is 9.88 Å². The molecule has 6 heteroatoms. The zero-order chi connectivity index (χ0) is 15.6. The number of hydrogen-bond acceptors (Lipinski definition) is 4. The molecule has 0 atom stereocenters. The summed E-state index contributed by atoms with van der Waals surface area (Å²) in [7, 11) is 0. The Hall–Kier alpha value is -2.24. The Morgan fingerprint density at radius 3 is 2.43 bits per heavy atom. The molecule has 0 unspecified atom stereocenters. The Kier molecular flexibility index (Phi) is 4.35. The number of aromatic nitrogens is 1. The number of likely N-dealkylation sites (tertiary alicyclic amines) is 1. The van der Waals surface area contributed by atoms with Crippen molar-refractivity contribution in [2.24, 2.45) is 0 Å². The van der Waals surface area contributed by atoms with E-state index >= 15 is 0 Å². The van der Waals surface area contributed by atoms with Crippen molar-refractivity contribution in [3.05, 3.63) is 23.0 Å². The van der Waals surface area contributed by atoms with Gasteiger partial charge in [-0.15, -0.1) is 0 Å². The summed E-state index contributed by atoms with van der Waals surface area (Å²) < 4.78 is 0. The lowest BCUT2D eigenvalue weighted by molar-refractivity contribution is -0.138. The molecule has 1 aliphatic rings. The highest BCUT2D eigenvalue weighted by Crippen LogP contribution is 2.19. The van der Waals surface area contributed by atoms with Crippen LogP contribution in [-0.4, -0.2) is 34.2 Å². The van der Waals surface area contributed by atoms with Crippen molar-refractivity contribution in [2.45, 2.75) is 40.0 Å². The van der Waals surface area contributed by atoms with Gasteiger partial charge in [0.25, 0.3) is 0 Å². The number of nitrogens with zero attached hydrogens (tertiary/aromatic N) is 2. The predicted octanol–water partition coefficient (Wildman–Crippen LogP) is 1.48. The van der Waals surface area contributed by atoms with E-state index in [1.807, 2.05) is 26.8 Å². The minimum atomic E-state index is -0.223. The van der Waals surface area contributed by atoms with Gasteiger partial charge >= 0.3 is 0 Å². The van der Waals surface area contributed by atoms with Crippen LogP contribution in [0.4, 0.5) is 5.69 Å². The van der Waals surface area contributed by atoms with E-state index in [0.717, 1.165) is 21.9 Å². The summed E-state index contributed by atoms with van der Waals surface area (Å²) in [6.45, 7) is 5.78. The number of nitrogens with one attached hydrogen (secondary N) is 1. The number of carbonyl (C=O) groups is 3. The summed E-state index contributed by atoms with van der Waals surface area (Å²) >= 11 is 0. The monoisotopic (exact) mass is 289 g/mol. The molecule has 0 spiro atoms. The summed E-state index contributed by atoms with van der Waals surface area (Å²) in [4.78, 5) is 40.4. The van der Waals surface area contributed by atoms with Gasteiger partial charge in [0.15, 0.2) is 0 Å². The highest BCUT2D eigenvalue weighted by atomic mass is 16.2. The Morgan fingerprint density at radius 1 is 1.24 bits per heavy atom. The maximum atomic E-state index is 12.0. The van der Waals surface area contributed by atoms with Crippen LogP contribution in [-0.2, 0) is 14.4 Å². The second-order valence-corrected chi connectivity index (χ2v) is 5.28. The largest absolute Gasteiger partial charge is 0.324 e. The fraction of sp³-hybridized carbons (Fsp3) is 0.467. The maximum Gasteiger partial charge on any atom is 0.229 e. The van der Waals surface area contributed by atoms with Gasteiger partial charge in [0.05, 0.1) is 11.4 Å². The Labute approximate surface area is 123 Å². The van der Waals surface area contributed by atoms with E-state index in [-0.39, 0.29) is 43.5 Å². The number of imide groups is 1. The second kappa shape index (κ2) is 6.03. The first kappa shape index (κ1) is 15.2. The quantitative estimate of drug-likeness (QED) is 0.852. The zero-order valence-corrected chi connectivity index (χ0v) is 12.5. The van der Waals surface area contributed by atoms with Crippen molar-refractivity contribution >= 4 is 23.4 Å². The maximum absolute atomic E-state index is 12.0. The lowest BCUT2D eigenvalue weighted by Crippen LogP contribution is -2.32. The average Bonchev–Trinajstić information content (AvgIpc) is 2.71. The number of amides is 3. The van der Waals surface area contributed by atoms with E-state index in [0.29, 0.717) is 5.69 Å². The number of hydrogen-bond donors (Lipinski definition) is 1. The van der Waals surface area contributed by atoms with Crippen LogP contribution in [0.25, 0.3) is 0 Å². The van der Waals surface area contributed by atoms with Crippen LogP contribution in [0, 0.1) is 20.8 Å². The van der Waals surface area contributed by atoms with Crippen LogP contribution in [0.15, 0.2) is 6.07 Å². The number of rotatable bonds is 4. The van der Waals surface area contributed by atoms with Crippen molar-refractivity contribution < 1.29 is 14.4 Å². The Bertz CT molecular complexity index is 571. The molecule has 1 fully saturated rings. The number of aryl methyl sites for hydroxylation is 3. The third-order valence-electron chi connectivity index (χ3n) is 3.51. The molecule has 0 saturated carbocycles. The average molecular weight is 289 g/mol. The van der Waals surface area contributed by atoms with Gasteiger partial charge in [0.1, 0.15) is 0 Å². The topological polar surface area (TPSA) is 79.4 Å². The minimum absolute atomic E-state index is 0.101. The van der Waals surface area contributed by atoms with E-state index in [1.165, 1.54) is 0 Å². The van der Waals surface area contributed by atoms with Gasteiger partial charge in [0, 0.05) is 31.5 Å². The molecule has 112 valence electrons. The molecule has 0 aromatic carbocycles. The standard InChI is InChI=1S/C15H19N3O3/c1-9-8-10(2)16-11(3)15(9)17-12(19)6-7-18-13(20)4-5-14(18)21/h8H,4-7H2,1-3H3,(H,17,19). The fourth-order valence-corrected chi connectivity index (χ4v) is 2.50. The molecule has 1 aromatic heterocycles. The van der Waals surface area contributed by atoms with Gasteiger partial charge in [-0.1, -0.05) is 0 Å². The first-order chi connectivity index (χ1) is 9.88. The van der Waals surface area contributed by atoms with Gasteiger partial charge < -0.3 is 5.32 Å². The SMILES string of the molecule is Cc1cc(C)c(NC(=O)CCN2C(=O)CCC2=O)c(C)n1. The van der Waals surface area contributed by atoms with Crippen LogP contribution in [0.1, 0.15) is 36.2 Å². The van der Waals surface area contributed by atoms with Crippen LogP contribution in [0.2, 0.25) is 0 Å². The zero-order valence-electron chi connectivity index (χ0n) is 12.5. The molecule has 1 aromatic rings. The molecule has 1 N–H and O–H groups in total. The Balaban J connectivity index is 1.96. The van der Waals surface area contributed by atoms with E-state index in [9.17, 15) is 14.4 Å². The lowest BCUT2D eigenvalue weighted by Gasteiger charge is -2.15. The van der Waals surface area contributed by atoms with Gasteiger partial charge in [0.2, 0.25) is 17.7 Å². The molecule has 2 rings (SSSR count).